The van der Waals surface area contributed by atoms with E-state index in [-0.39, 0.29) is 0 Å². The predicted octanol–water partition coefficient (Wildman–Crippen LogP) is 2.76. The Morgan fingerprint density at radius 2 is 1.67 bits per heavy atom. The minimum absolute atomic E-state index is 0.471. The number of aryl methyl sites for hydroxylation is 1. The SMILES string of the molecule is Cn1cc(CC(O)c2ccc(-c3ccccc3)cc2)nn1. The highest BCUT2D eigenvalue weighted by atomic mass is 16.3. The average molecular weight is 279 g/mol. The molecule has 0 bridgehead atoms. The van der Waals surface area contributed by atoms with Gasteiger partial charge in [0.15, 0.2) is 0 Å². The van der Waals surface area contributed by atoms with E-state index in [1.165, 1.54) is 5.56 Å². The fourth-order valence-electron chi connectivity index (χ4n) is 2.33. The number of nitrogens with zero attached hydrogens (tertiary/aromatic N) is 3. The van der Waals surface area contributed by atoms with Gasteiger partial charge in [0.1, 0.15) is 0 Å². The molecule has 21 heavy (non-hydrogen) atoms. The van der Waals surface area contributed by atoms with Gasteiger partial charge in [0.2, 0.25) is 0 Å². The molecule has 1 heterocycles. The zero-order chi connectivity index (χ0) is 14.7. The summed E-state index contributed by atoms with van der Waals surface area (Å²) < 4.78 is 1.64. The van der Waals surface area contributed by atoms with Crippen molar-refractivity contribution in [1.29, 1.82) is 0 Å². The number of hydrogen-bond acceptors (Lipinski definition) is 3. The van der Waals surface area contributed by atoms with E-state index in [0.29, 0.717) is 6.42 Å². The Morgan fingerprint density at radius 1 is 1.00 bits per heavy atom. The third-order valence-electron chi connectivity index (χ3n) is 3.46. The van der Waals surface area contributed by atoms with Crippen LogP contribution < -0.4 is 0 Å². The van der Waals surface area contributed by atoms with Gasteiger partial charge in [-0.2, -0.15) is 0 Å². The Morgan fingerprint density at radius 3 is 2.29 bits per heavy atom. The summed E-state index contributed by atoms with van der Waals surface area (Å²) in [5.41, 5.74) is 4.00. The highest BCUT2D eigenvalue weighted by Gasteiger charge is 2.11. The Bertz CT molecular complexity index is 704. The van der Waals surface area contributed by atoms with E-state index in [9.17, 15) is 5.11 Å². The smallest absolute Gasteiger partial charge is 0.0856 e. The van der Waals surface area contributed by atoms with Crippen molar-refractivity contribution < 1.29 is 5.11 Å². The molecule has 0 radical (unpaired) electrons. The summed E-state index contributed by atoms with van der Waals surface area (Å²) in [6.45, 7) is 0. The highest BCUT2D eigenvalue weighted by Crippen LogP contribution is 2.23. The maximum atomic E-state index is 10.3. The summed E-state index contributed by atoms with van der Waals surface area (Å²) in [6, 6.07) is 18.2. The molecule has 0 fully saturated rings. The van der Waals surface area contributed by atoms with E-state index in [1.807, 2.05) is 55.7 Å². The van der Waals surface area contributed by atoms with Gasteiger partial charge in [0.05, 0.1) is 11.8 Å². The molecular formula is C17H17N3O. The first-order valence-corrected chi connectivity index (χ1v) is 6.91. The van der Waals surface area contributed by atoms with Crippen molar-refractivity contribution in [3.8, 4) is 11.1 Å². The van der Waals surface area contributed by atoms with E-state index in [1.54, 1.807) is 4.68 Å². The summed E-state index contributed by atoms with van der Waals surface area (Å²) in [7, 11) is 1.82. The second kappa shape index (κ2) is 5.89. The maximum Gasteiger partial charge on any atom is 0.0856 e. The highest BCUT2D eigenvalue weighted by molar-refractivity contribution is 5.63. The monoisotopic (exact) mass is 279 g/mol. The van der Waals surface area contributed by atoms with Crippen LogP contribution in [0.5, 0.6) is 0 Å². The fourth-order valence-corrected chi connectivity index (χ4v) is 2.33. The third-order valence-corrected chi connectivity index (χ3v) is 3.46. The van der Waals surface area contributed by atoms with E-state index < -0.39 is 6.10 Å². The van der Waals surface area contributed by atoms with E-state index in [0.717, 1.165) is 16.8 Å². The van der Waals surface area contributed by atoms with Gasteiger partial charge in [-0.3, -0.25) is 4.68 Å². The molecule has 3 rings (SSSR count). The van der Waals surface area contributed by atoms with Crippen molar-refractivity contribution in [3.05, 3.63) is 72.1 Å². The summed E-state index contributed by atoms with van der Waals surface area (Å²) in [5.74, 6) is 0. The molecule has 0 spiro atoms. The van der Waals surface area contributed by atoms with Crippen molar-refractivity contribution in [2.45, 2.75) is 12.5 Å². The van der Waals surface area contributed by atoms with Crippen LogP contribution in [-0.2, 0) is 13.5 Å². The van der Waals surface area contributed by atoms with Crippen LogP contribution in [0.25, 0.3) is 11.1 Å². The van der Waals surface area contributed by atoms with Crippen LogP contribution in [0.15, 0.2) is 60.8 Å². The van der Waals surface area contributed by atoms with Gasteiger partial charge in [-0.1, -0.05) is 59.8 Å². The van der Waals surface area contributed by atoms with E-state index in [2.05, 4.69) is 22.4 Å². The van der Waals surface area contributed by atoms with Crippen molar-refractivity contribution in [3.63, 3.8) is 0 Å². The second-order valence-electron chi connectivity index (χ2n) is 5.09. The molecule has 4 heteroatoms. The lowest BCUT2D eigenvalue weighted by Crippen LogP contribution is -2.02. The van der Waals surface area contributed by atoms with Gasteiger partial charge in [-0.15, -0.1) is 5.10 Å². The Labute approximate surface area is 123 Å². The molecule has 0 aliphatic rings. The lowest BCUT2D eigenvalue weighted by Gasteiger charge is -2.10. The molecule has 106 valence electrons. The molecule has 1 N–H and O–H groups in total. The molecule has 1 unspecified atom stereocenters. The average Bonchev–Trinajstić information content (AvgIpc) is 2.93. The molecule has 1 atom stereocenters. The van der Waals surface area contributed by atoms with Gasteiger partial charge in [-0.25, -0.2) is 0 Å². The van der Waals surface area contributed by atoms with Gasteiger partial charge < -0.3 is 5.11 Å². The lowest BCUT2D eigenvalue weighted by molar-refractivity contribution is 0.177. The Balaban J connectivity index is 1.74. The standard InChI is InChI=1S/C17H17N3O/c1-20-12-16(18-19-20)11-17(21)15-9-7-14(8-10-15)13-5-3-2-4-6-13/h2-10,12,17,21H,11H2,1H3. The number of hydrogen-bond donors (Lipinski definition) is 1. The third kappa shape index (κ3) is 3.17. The number of rotatable bonds is 4. The molecule has 3 aromatic rings. The first kappa shape index (κ1) is 13.5. The van der Waals surface area contributed by atoms with Gasteiger partial charge >= 0.3 is 0 Å². The number of benzene rings is 2. The zero-order valence-electron chi connectivity index (χ0n) is 11.8. The summed E-state index contributed by atoms with van der Waals surface area (Å²) >= 11 is 0. The molecule has 0 saturated heterocycles. The Hall–Kier alpha value is -2.46. The molecule has 1 aromatic heterocycles. The van der Waals surface area contributed by atoms with Crippen LogP contribution in [0.1, 0.15) is 17.4 Å². The van der Waals surface area contributed by atoms with Crippen LogP contribution in [0.4, 0.5) is 0 Å². The topological polar surface area (TPSA) is 50.9 Å². The van der Waals surface area contributed by atoms with Crippen molar-refractivity contribution in [2.24, 2.45) is 7.05 Å². The molecule has 0 aliphatic carbocycles. The number of aliphatic hydroxyl groups is 1. The van der Waals surface area contributed by atoms with Gasteiger partial charge in [-0.05, 0) is 16.7 Å². The molecular weight excluding hydrogens is 262 g/mol. The van der Waals surface area contributed by atoms with Crippen LogP contribution in [0, 0.1) is 0 Å². The fraction of sp³-hybridized carbons (Fsp3) is 0.176. The number of aliphatic hydroxyl groups excluding tert-OH is 1. The van der Waals surface area contributed by atoms with Crippen molar-refractivity contribution >= 4 is 0 Å². The Kier molecular flexibility index (Phi) is 3.79. The second-order valence-corrected chi connectivity index (χ2v) is 5.09. The maximum absolute atomic E-state index is 10.3. The zero-order valence-corrected chi connectivity index (χ0v) is 11.8. The minimum Gasteiger partial charge on any atom is -0.388 e. The molecule has 2 aromatic carbocycles. The minimum atomic E-state index is -0.563. The van der Waals surface area contributed by atoms with E-state index in [4.69, 9.17) is 0 Å². The van der Waals surface area contributed by atoms with Crippen LogP contribution in [0.3, 0.4) is 0 Å². The largest absolute Gasteiger partial charge is 0.388 e. The van der Waals surface area contributed by atoms with E-state index >= 15 is 0 Å². The summed E-state index contributed by atoms with van der Waals surface area (Å²) in [6.07, 6.45) is 1.73. The predicted molar refractivity (Wildman–Crippen MR) is 81.5 cm³/mol. The molecule has 0 saturated carbocycles. The van der Waals surface area contributed by atoms with Crippen LogP contribution >= 0.6 is 0 Å². The first-order chi connectivity index (χ1) is 10.2. The summed E-state index contributed by atoms with van der Waals surface area (Å²) in [4.78, 5) is 0. The van der Waals surface area contributed by atoms with Crippen LogP contribution in [-0.4, -0.2) is 20.1 Å². The first-order valence-electron chi connectivity index (χ1n) is 6.91. The molecule has 0 amide bonds. The van der Waals surface area contributed by atoms with Crippen LogP contribution in [0.2, 0.25) is 0 Å². The van der Waals surface area contributed by atoms with Gasteiger partial charge in [0, 0.05) is 19.7 Å². The molecule has 4 nitrogen and oxygen atoms in total. The summed E-state index contributed by atoms with van der Waals surface area (Å²) in [5, 5.41) is 18.1. The quantitative estimate of drug-likeness (QED) is 0.799. The lowest BCUT2D eigenvalue weighted by atomic mass is 10.0. The van der Waals surface area contributed by atoms with Gasteiger partial charge in [0.25, 0.3) is 0 Å². The normalized spacial score (nSPS) is 12.3. The number of aromatic nitrogens is 3. The van der Waals surface area contributed by atoms with Crippen molar-refractivity contribution in [2.75, 3.05) is 0 Å². The van der Waals surface area contributed by atoms with Crippen molar-refractivity contribution in [1.82, 2.24) is 15.0 Å². The molecule has 0 aliphatic heterocycles.